The fourth-order valence-electron chi connectivity index (χ4n) is 1.08. The van der Waals surface area contributed by atoms with Crippen molar-refractivity contribution in [2.45, 2.75) is 53.2 Å². The summed E-state index contributed by atoms with van der Waals surface area (Å²) in [5.41, 5.74) is 4.56. The summed E-state index contributed by atoms with van der Waals surface area (Å²) in [5, 5.41) is 0. The molecule has 0 fully saturated rings. The van der Waals surface area contributed by atoms with Crippen LogP contribution in [0.2, 0.25) is 0 Å². The molecule has 1 amide bonds. The van der Waals surface area contributed by atoms with Gasteiger partial charge in [0, 0.05) is 6.04 Å². The zero-order chi connectivity index (χ0) is 14.3. The monoisotopic (exact) mass is 260 g/mol. The van der Waals surface area contributed by atoms with Crippen molar-refractivity contribution in [1.29, 1.82) is 0 Å². The molecule has 0 aromatic rings. The maximum absolute atomic E-state index is 11.5. The Morgan fingerprint density at radius 1 is 1.22 bits per heavy atom. The zero-order valence-corrected chi connectivity index (χ0v) is 12.0. The summed E-state index contributed by atoms with van der Waals surface area (Å²) in [5.74, 6) is -0.664. The van der Waals surface area contributed by atoms with Gasteiger partial charge in [-0.1, -0.05) is 6.92 Å². The summed E-state index contributed by atoms with van der Waals surface area (Å²) in [6, 6.07) is -0.253. The van der Waals surface area contributed by atoms with Crippen molar-refractivity contribution in [3.63, 3.8) is 0 Å². The number of rotatable bonds is 5. The highest BCUT2D eigenvalue weighted by Crippen LogP contribution is 2.07. The molecule has 0 aliphatic carbocycles. The van der Waals surface area contributed by atoms with E-state index < -0.39 is 11.7 Å². The first-order chi connectivity index (χ1) is 8.17. The normalized spacial score (nSPS) is 14.6. The number of amides is 1. The van der Waals surface area contributed by atoms with Crippen LogP contribution in [0.3, 0.4) is 0 Å². The molecule has 0 bridgehead atoms. The second-order valence-electron chi connectivity index (χ2n) is 5.10. The first kappa shape index (κ1) is 16.7. The Labute approximate surface area is 108 Å². The highest BCUT2D eigenvalue weighted by molar-refractivity contribution is 5.73. The van der Waals surface area contributed by atoms with Gasteiger partial charge in [-0.15, -0.1) is 0 Å². The Kier molecular flexibility index (Phi) is 6.68. The summed E-state index contributed by atoms with van der Waals surface area (Å²) < 4.78 is 9.94. The van der Waals surface area contributed by atoms with E-state index in [1.165, 1.54) is 0 Å². The minimum atomic E-state index is -0.578. The average Bonchev–Trinajstić information content (AvgIpc) is 2.22. The molecule has 0 rings (SSSR count). The Bertz CT molecular complexity index is 286. The summed E-state index contributed by atoms with van der Waals surface area (Å²) in [6.07, 6.45) is -0.578. The molecule has 0 aromatic carbocycles. The van der Waals surface area contributed by atoms with Gasteiger partial charge in [0.05, 0.1) is 12.5 Å². The van der Waals surface area contributed by atoms with E-state index >= 15 is 0 Å². The van der Waals surface area contributed by atoms with Crippen molar-refractivity contribution in [2.75, 3.05) is 6.61 Å². The Hall–Kier alpha value is -1.30. The highest BCUT2D eigenvalue weighted by Gasteiger charge is 2.22. The van der Waals surface area contributed by atoms with Crippen LogP contribution in [0.5, 0.6) is 0 Å². The van der Waals surface area contributed by atoms with Gasteiger partial charge in [0.25, 0.3) is 0 Å². The van der Waals surface area contributed by atoms with Crippen molar-refractivity contribution < 1.29 is 19.1 Å². The molecule has 2 unspecified atom stereocenters. The van der Waals surface area contributed by atoms with E-state index in [9.17, 15) is 9.59 Å². The lowest BCUT2D eigenvalue weighted by atomic mass is 10.1. The average molecular weight is 260 g/mol. The van der Waals surface area contributed by atoms with Gasteiger partial charge in [-0.05, 0) is 34.6 Å². The van der Waals surface area contributed by atoms with Crippen molar-refractivity contribution in [3.05, 3.63) is 0 Å². The second kappa shape index (κ2) is 7.20. The Morgan fingerprint density at radius 2 is 1.78 bits per heavy atom. The lowest BCUT2D eigenvalue weighted by molar-refractivity contribution is -0.148. The molecular weight excluding hydrogens is 236 g/mol. The topological polar surface area (TPSA) is 76.7 Å². The lowest BCUT2D eigenvalue weighted by Crippen LogP contribution is -2.49. The number of hydrogen-bond donors (Lipinski definition) is 2. The van der Waals surface area contributed by atoms with Crippen LogP contribution in [-0.2, 0) is 14.3 Å². The summed E-state index contributed by atoms with van der Waals surface area (Å²) in [6.45, 7) is 10.9. The van der Waals surface area contributed by atoms with Crippen molar-refractivity contribution in [2.24, 2.45) is 5.92 Å². The molecule has 0 aromatic heterocycles. The summed E-state index contributed by atoms with van der Waals surface area (Å²) in [7, 11) is 0. The number of ether oxygens (including phenoxy) is 2. The smallest absolute Gasteiger partial charge is 0.422 e. The van der Waals surface area contributed by atoms with Crippen LogP contribution in [0.15, 0.2) is 0 Å². The van der Waals surface area contributed by atoms with Crippen LogP contribution < -0.4 is 10.9 Å². The zero-order valence-electron chi connectivity index (χ0n) is 12.0. The first-order valence-electron chi connectivity index (χ1n) is 6.08. The van der Waals surface area contributed by atoms with Crippen LogP contribution in [0.1, 0.15) is 41.5 Å². The predicted octanol–water partition coefficient (Wildman–Crippen LogP) is 1.60. The van der Waals surface area contributed by atoms with E-state index in [2.05, 4.69) is 10.9 Å². The number of nitrogens with one attached hydrogen (secondary N) is 2. The molecule has 106 valence electrons. The van der Waals surface area contributed by atoms with Crippen LogP contribution in [-0.4, -0.2) is 30.3 Å². The standard InChI is InChI=1S/C12H24N2O4/c1-7-17-10(15)8(2)9(3)13-14-11(16)18-12(4,5)6/h8-9,13H,7H2,1-6H3,(H,14,16). The van der Waals surface area contributed by atoms with E-state index in [0.717, 1.165) is 0 Å². The molecule has 0 saturated heterocycles. The van der Waals surface area contributed by atoms with Gasteiger partial charge < -0.3 is 9.47 Å². The fourth-order valence-corrected chi connectivity index (χ4v) is 1.08. The molecule has 0 heterocycles. The Morgan fingerprint density at radius 3 is 2.22 bits per heavy atom. The number of carbonyl (C=O) groups is 2. The second-order valence-corrected chi connectivity index (χ2v) is 5.10. The van der Waals surface area contributed by atoms with E-state index in [1.807, 2.05) is 0 Å². The van der Waals surface area contributed by atoms with E-state index in [0.29, 0.717) is 6.61 Å². The molecule has 0 saturated carbocycles. The molecule has 6 heteroatoms. The third kappa shape index (κ3) is 7.11. The number of hydrazine groups is 1. The van der Waals surface area contributed by atoms with Crippen LogP contribution in [0.25, 0.3) is 0 Å². The summed E-state index contributed by atoms with van der Waals surface area (Å²) in [4.78, 5) is 22.8. The minimum absolute atomic E-state index is 0.253. The number of hydrogen-bond acceptors (Lipinski definition) is 5. The number of carbonyl (C=O) groups excluding carboxylic acids is 2. The molecule has 0 aliphatic heterocycles. The minimum Gasteiger partial charge on any atom is -0.466 e. The molecule has 6 nitrogen and oxygen atoms in total. The molecule has 0 aliphatic rings. The van der Waals surface area contributed by atoms with Gasteiger partial charge >= 0.3 is 12.1 Å². The van der Waals surface area contributed by atoms with E-state index in [1.54, 1.807) is 41.5 Å². The largest absolute Gasteiger partial charge is 0.466 e. The molecule has 2 atom stereocenters. The van der Waals surface area contributed by atoms with Gasteiger partial charge in [-0.3, -0.25) is 10.2 Å². The maximum Gasteiger partial charge on any atom is 0.422 e. The van der Waals surface area contributed by atoms with Gasteiger partial charge in [-0.25, -0.2) is 10.2 Å². The van der Waals surface area contributed by atoms with Crippen LogP contribution >= 0.6 is 0 Å². The molecule has 18 heavy (non-hydrogen) atoms. The van der Waals surface area contributed by atoms with Gasteiger partial charge in [0.1, 0.15) is 5.60 Å². The molecular formula is C12H24N2O4. The molecule has 2 N–H and O–H groups in total. The van der Waals surface area contributed by atoms with Crippen molar-refractivity contribution >= 4 is 12.1 Å². The van der Waals surface area contributed by atoms with Crippen LogP contribution in [0.4, 0.5) is 4.79 Å². The highest BCUT2D eigenvalue weighted by atomic mass is 16.6. The van der Waals surface area contributed by atoms with Crippen LogP contribution in [0, 0.1) is 5.92 Å². The number of esters is 1. The van der Waals surface area contributed by atoms with Gasteiger partial charge in [0.15, 0.2) is 0 Å². The molecule has 0 radical (unpaired) electrons. The van der Waals surface area contributed by atoms with Gasteiger partial charge in [-0.2, -0.15) is 0 Å². The van der Waals surface area contributed by atoms with Crippen molar-refractivity contribution in [1.82, 2.24) is 10.9 Å². The summed E-state index contributed by atoms with van der Waals surface area (Å²) >= 11 is 0. The molecule has 0 spiro atoms. The lowest BCUT2D eigenvalue weighted by Gasteiger charge is -2.23. The van der Waals surface area contributed by atoms with Crippen molar-refractivity contribution in [3.8, 4) is 0 Å². The third-order valence-electron chi connectivity index (χ3n) is 2.21. The van der Waals surface area contributed by atoms with E-state index in [-0.39, 0.29) is 17.9 Å². The predicted molar refractivity (Wildman–Crippen MR) is 67.8 cm³/mol. The van der Waals surface area contributed by atoms with E-state index in [4.69, 9.17) is 9.47 Å². The first-order valence-corrected chi connectivity index (χ1v) is 6.08. The third-order valence-corrected chi connectivity index (χ3v) is 2.21. The fraction of sp³-hybridized carbons (Fsp3) is 0.833. The maximum atomic E-state index is 11.5. The SMILES string of the molecule is CCOC(=O)C(C)C(C)NNC(=O)OC(C)(C)C. The van der Waals surface area contributed by atoms with Gasteiger partial charge in [0.2, 0.25) is 0 Å². The quantitative estimate of drug-likeness (QED) is 0.580. The Balaban J connectivity index is 4.06.